The summed E-state index contributed by atoms with van der Waals surface area (Å²) >= 11 is 0. The van der Waals surface area contributed by atoms with Crippen LogP contribution in [0.15, 0.2) is 67.0 Å². The van der Waals surface area contributed by atoms with Gasteiger partial charge in [-0.15, -0.1) is 12.4 Å². The molecular formula is C20H16ClN7O. The number of pyridine rings is 1. The maximum absolute atomic E-state index is 8.91. The van der Waals surface area contributed by atoms with Crippen LogP contribution in [-0.2, 0) is 0 Å². The molecule has 4 N–H and O–H groups in total. The number of hydrogen-bond acceptors (Lipinski definition) is 7. The molecule has 0 unspecified atom stereocenters. The number of anilines is 3. The molecule has 0 aliphatic heterocycles. The van der Waals surface area contributed by atoms with E-state index in [9.17, 15) is 0 Å². The van der Waals surface area contributed by atoms with Gasteiger partial charge in [0.05, 0.1) is 11.4 Å². The van der Waals surface area contributed by atoms with Crippen molar-refractivity contribution in [1.82, 2.24) is 19.9 Å². The van der Waals surface area contributed by atoms with Gasteiger partial charge in [-0.05, 0) is 42.5 Å². The summed E-state index contributed by atoms with van der Waals surface area (Å²) in [5, 5.41) is 12.1. The highest BCUT2D eigenvalue weighted by Crippen LogP contribution is 2.25. The van der Waals surface area contributed by atoms with E-state index in [-0.39, 0.29) is 18.4 Å². The van der Waals surface area contributed by atoms with Gasteiger partial charge in [0, 0.05) is 30.2 Å². The van der Waals surface area contributed by atoms with E-state index in [1.165, 1.54) is 6.20 Å². The molecule has 0 bridgehead atoms. The van der Waals surface area contributed by atoms with Crippen LogP contribution in [0, 0.1) is 11.3 Å². The van der Waals surface area contributed by atoms with E-state index in [4.69, 9.17) is 15.7 Å². The second kappa shape index (κ2) is 8.73. The Morgan fingerprint density at radius 2 is 1.86 bits per heavy atom. The molecule has 0 spiro atoms. The highest BCUT2D eigenvalue weighted by molar-refractivity contribution is 5.85. The number of halogens is 1. The first-order valence-electron chi connectivity index (χ1n) is 8.39. The molecule has 3 heterocycles. The summed E-state index contributed by atoms with van der Waals surface area (Å²) in [5.74, 6) is 1.94. The maximum Gasteiger partial charge on any atom is 0.222 e. The minimum atomic E-state index is 0. The van der Waals surface area contributed by atoms with Crippen molar-refractivity contribution >= 4 is 29.9 Å². The molecule has 0 saturated heterocycles. The third-order valence-corrected chi connectivity index (χ3v) is 3.83. The summed E-state index contributed by atoms with van der Waals surface area (Å²) in [6.07, 6.45) is 3.35. The molecule has 4 aromatic rings. The summed E-state index contributed by atoms with van der Waals surface area (Å²) in [4.78, 5) is 15.5. The zero-order valence-electron chi connectivity index (χ0n) is 15.0. The van der Waals surface area contributed by atoms with Crippen molar-refractivity contribution in [3.63, 3.8) is 0 Å². The third-order valence-electron chi connectivity index (χ3n) is 3.83. The Bertz CT molecular complexity index is 1140. The maximum atomic E-state index is 8.91. The number of H-pyrrole nitrogens is 1. The molecule has 0 aliphatic rings. The predicted octanol–water partition coefficient (Wildman–Crippen LogP) is 4.28. The first kappa shape index (κ1) is 19.7. The number of benzene rings is 1. The lowest BCUT2D eigenvalue weighted by atomic mass is 10.2. The van der Waals surface area contributed by atoms with Crippen molar-refractivity contribution in [2.45, 2.75) is 0 Å². The van der Waals surface area contributed by atoms with Crippen LogP contribution in [0.5, 0.6) is 11.5 Å². The number of hydrogen-bond donors (Lipinski definition) is 3. The smallest absolute Gasteiger partial charge is 0.222 e. The number of ether oxygens (including phenoxy) is 1. The van der Waals surface area contributed by atoms with Crippen LogP contribution in [0.3, 0.4) is 0 Å². The molecular weight excluding hydrogens is 390 g/mol. The molecule has 0 fully saturated rings. The lowest BCUT2D eigenvalue weighted by Crippen LogP contribution is -2.01. The van der Waals surface area contributed by atoms with Gasteiger partial charge in [-0.2, -0.15) is 10.2 Å². The standard InChI is InChI=1S/C20H15N7O.ClH/c21-12-14-10-16(7-9-23-14)28-15-5-3-13(4-6-15)25-19-11-18(26-20(22)27-19)17-2-1-8-24-17;/h1-11,24H,(H3,22,25,26,27);1H. The Kier molecular flexibility index (Phi) is 5.92. The fourth-order valence-corrected chi connectivity index (χ4v) is 2.58. The topological polar surface area (TPSA) is 126 Å². The molecule has 0 radical (unpaired) electrons. The third kappa shape index (κ3) is 4.80. The van der Waals surface area contributed by atoms with E-state index in [0.717, 1.165) is 11.4 Å². The van der Waals surface area contributed by atoms with Crippen molar-refractivity contribution in [3.8, 4) is 29.0 Å². The van der Waals surface area contributed by atoms with Crippen LogP contribution in [0.1, 0.15) is 5.69 Å². The highest BCUT2D eigenvalue weighted by Gasteiger charge is 2.06. The average molecular weight is 406 g/mol. The molecule has 8 nitrogen and oxygen atoms in total. The minimum absolute atomic E-state index is 0. The highest BCUT2D eigenvalue weighted by atomic mass is 35.5. The first-order valence-corrected chi connectivity index (χ1v) is 8.39. The van der Waals surface area contributed by atoms with E-state index in [1.807, 2.05) is 54.7 Å². The van der Waals surface area contributed by atoms with Gasteiger partial charge in [-0.1, -0.05) is 0 Å². The average Bonchev–Trinajstić information content (AvgIpc) is 3.24. The summed E-state index contributed by atoms with van der Waals surface area (Å²) in [6.45, 7) is 0. The lowest BCUT2D eigenvalue weighted by molar-refractivity contribution is 0.482. The number of aromatic amines is 1. The van der Waals surface area contributed by atoms with Crippen LogP contribution in [-0.4, -0.2) is 19.9 Å². The molecule has 0 amide bonds. The molecule has 9 heteroatoms. The van der Waals surface area contributed by atoms with Crippen molar-refractivity contribution in [2.24, 2.45) is 0 Å². The van der Waals surface area contributed by atoms with Gasteiger partial charge in [0.1, 0.15) is 29.1 Å². The number of nitriles is 1. The van der Waals surface area contributed by atoms with Gasteiger partial charge in [-0.25, -0.2) is 9.97 Å². The summed E-state index contributed by atoms with van der Waals surface area (Å²) in [6, 6.07) is 18.2. The van der Waals surface area contributed by atoms with Crippen LogP contribution in [0.2, 0.25) is 0 Å². The monoisotopic (exact) mass is 405 g/mol. The lowest BCUT2D eigenvalue weighted by Gasteiger charge is -2.10. The SMILES string of the molecule is Cl.N#Cc1cc(Oc2ccc(Nc3cc(-c4ccc[nH]4)nc(N)n3)cc2)ccn1. The normalized spacial score (nSPS) is 9.90. The molecule has 4 rings (SSSR count). The number of nitrogens with one attached hydrogen (secondary N) is 2. The second-order valence-corrected chi connectivity index (χ2v) is 5.82. The largest absolute Gasteiger partial charge is 0.457 e. The zero-order valence-corrected chi connectivity index (χ0v) is 15.9. The Morgan fingerprint density at radius 3 is 2.59 bits per heavy atom. The Hall–Kier alpha value is -4.09. The molecule has 29 heavy (non-hydrogen) atoms. The van der Waals surface area contributed by atoms with Crippen LogP contribution < -0.4 is 15.8 Å². The molecule has 144 valence electrons. The van der Waals surface area contributed by atoms with Gasteiger partial charge in [-0.3, -0.25) is 0 Å². The summed E-state index contributed by atoms with van der Waals surface area (Å²) in [7, 11) is 0. The predicted molar refractivity (Wildman–Crippen MR) is 112 cm³/mol. The fraction of sp³-hybridized carbons (Fsp3) is 0. The van der Waals surface area contributed by atoms with Crippen molar-refractivity contribution in [2.75, 3.05) is 11.1 Å². The number of aromatic nitrogens is 4. The van der Waals surface area contributed by atoms with Crippen LogP contribution in [0.25, 0.3) is 11.4 Å². The van der Waals surface area contributed by atoms with Crippen molar-refractivity contribution < 1.29 is 4.74 Å². The van der Waals surface area contributed by atoms with Gasteiger partial charge in [0.25, 0.3) is 0 Å². The van der Waals surface area contributed by atoms with Crippen LogP contribution in [0.4, 0.5) is 17.5 Å². The number of nitrogen functional groups attached to an aromatic ring is 1. The number of rotatable bonds is 5. The fourth-order valence-electron chi connectivity index (χ4n) is 2.58. The Morgan fingerprint density at radius 1 is 1.03 bits per heavy atom. The Balaban J connectivity index is 0.00000240. The zero-order chi connectivity index (χ0) is 19.3. The second-order valence-electron chi connectivity index (χ2n) is 5.82. The molecule has 3 aromatic heterocycles. The minimum Gasteiger partial charge on any atom is -0.457 e. The van der Waals surface area contributed by atoms with Crippen molar-refractivity contribution in [3.05, 3.63) is 72.7 Å². The molecule has 0 saturated carbocycles. The summed E-state index contributed by atoms with van der Waals surface area (Å²) < 4.78 is 5.74. The van der Waals surface area contributed by atoms with E-state index in [0.29, 0.717) is 28.7 Å². The first-order chi connectivity index (χ1) is 13.7. The van der Waals surface area contributed by atoms with E-state index < -0.39 is 0 Å². The van der Waals surface area contributed by atoms with Crippen LogP contribution >= 0.6 is 12.4 Å². The van der Waals surface area contributed by atoms with Gasteiger partial charge < -0.3 is 20.8 Å². The number of nitrogens with zero attached hydrogens (tertiary/aromatic N) is 4. The van der Waals surface area contributed by atoms with E-state index in [2.05, 4.69) is 25.3 Å². The van der Waals surface area contributed by atoms with Crippen molar-refractivity contribution in [1.29, 1.82) is 5.26 Å². The van der Waals surface area contributed by atoms with Gasteiger partial charge in [0.15, 0.2) is 0 Å². The van der Waals surface area contributed by atoms with Gasteiger partial charge >= 0.3 is 0 Å². The molecule has 0 aliphatic carbocycles. The molecule has 0 atom stereocenters. The van der Waals surface area contributed by atoms with E-state index in [1.54, 1.807) is 12.1 Å². The van der Waals surface area contributed by atoms with E-state index >= 15 is 0 Å². The van der Waals surface area contributed by atoms with Gasteiger partial charge in [0.2, 0.25) is 5.95 Å². The summed E-state index contributed by atoms with van der Waals surface area (Å²) in [5.41, 5.74) is 8.50. The molecule has 1 aromatic carbocycles. The Labute approximate surface area is 172 Å². The quantitative estimate of drug-likeness (QED) is 0.452. The number of nitrogens with two attached hydrogens (primary N) is 1.